The molecule has 0 spiro atoms. The van der Waals surface area contributed by atoms with Crippen molar-refractivity contribution in [1.82, 2.24) is 5.32 Å². The van der Waals surface area contributed by atoms with Crippen LogP contribution in [0.4, 0.5) is 0 Å². The summed E-state index contributed by atoms with van der Waals surface area (Å²) in [6.07, 6.45) is 0.341. The first-order chi connectivity index (χ1) is 11.7. The number of rotatable bonds is 6. The fraction of sp³-hybridized carbons (Fsp3) is 0.467. The summed E-state index contributed by atoms with van der Waals surface area (Å²) in [7, 11) is -3.11. The topological polar surface area (TPSA) is 119 Å². The number of hydrogen-bond donors (Lipinski definition) is 2. The second-order valence-electron chi connectivity index (χ2n) is 5.48. The lowest BCUT2D eigenvalue weighted by atomic mass is 10.2. The maximum atomic E-state index is 12.0. The smallest absolute Gasteiger partial charge is 0.338 e. The van der Waals surface area contributed by atoms with Crippen LogP contribution in [0.5, 0.6) is 11.5 Å². The molecule has 0 unspecified atom stereocenters. The van der Waals surface area contributed by atoms with Gasteiger partial charge in [0.1, 0.15) is 0 Å². The molecular formula is C15H18ClNO7S. The van der Waals surface area contributed by atoms with Crippen molar-refractivity contribution in [2.75, 3.05) is 24.7 Å². The zero-order valence-electron chi connectivity index (χ0n) is 13.5. The third-order valence-corrected chi connectivity index (χ3v) is 5.55. The van der Waals surface area contributed by atoms with Crippen LogP contribution in [0.2, 0.25) is 5.02 Å². The normalized spacial score (nSPS) is 18.6. The fourth-order valence-corrected chi connectivity index (χ4v) is 4.23. The summed E-state index contributed by atoms with van der Waals surface area (Å²) in [6.45, 7) is 1.40. The molecule has 0 bridgehead atoms. The van der Waals surface area contributed by atoms with Gasteiger partial charge in [-0.25, -0.2) is 13.2 Å². The van der Waals surface area contributed by atoms with Gasteiger partial charge < -0.3 is 19.9 Å². The van der Waals surface area contributed by atoms with E-state index in [2.05, 4.69) is 5.32 Å². The highest BCUT2D eigenvalue weighted by Crippen LogP contribution is 2.35. The number of ether oxygens (including phenoxy) is 2. The number of sulfone groups is 1. The minimum Gasteiger partial charge on any atom is -0.503 e. The molecule has 1 atom stereocenters. The van der Waals surface area contributed by atoms with Crippen LogP contribution >= 0.6 is 11.6 Å². The van der Waals surface area contributed by atoms with Crippen molar-refractivity contribution in [2.45, 2.75) is 19.4 Å². The number of hydrogen-bond acceptors (Lipinski definition) is 7. The Balaban J connectivity index is 1.93. The number of halogens is 1. The minimum atomic E-state index is -3.11. The third kappa shape index (κ3) is 5.23. The van der Waals surface area contributed by atoms with E-state index in [0.717, 1.165) is 0 Å². The van der Waals surface area contributed by atoms with Crippen LogP contribution in [0.1, 0.15) is 23.7 Å². The van der Waals surface area contributed by atoms with E-state index >= 15 is 0 Å². The molecule has 8 nitrogen and oxygen atoms in total. The van der Waals surface area contributed by atoms with E-state index < -0.39 is 34.4 Å². The highest BCUT2D eigenvalue weighted by molar-refractivity contribution is 7.91. The summed E-state index contributed by atoms with van der Waals surface area (Å²) in [5.74, 6) is -1.76. The molecule has 1 fully saturated rings. The summed E-state index contributed by atoms with van der Waals surface area (Å²) in [5.41, 5.74) is 0.0162. The number of benzene rings is 1. The molecule has 25 heavy (non-hydrogen) atoms. The van der Waals surface area contributed by atoms with Crippen molar-refractivity contribution < 1.29 is 32.6 Å². The van der Waals surface area contributed by atoms with Crippen molar-refractivity contribution in [3.8, 4) is 11.5 Å². The molecule has 1 aliphatic heterocycles. The van der Waals surface area contributed by atoms with Gasteiger partial charge in [-0.3, -0.25) is 4.79 Å². The highest BCUT2D eigenvalue weighted by atomic mass is 35.5. The molecule has 1 saturated heterocycles. The maximum absolute atomic E-state index is 12.0. The van der Waals surface area contributed by atoms with E-state index in [0.29, 0.717) is 6.42 Å². The maximum Gasteiger partial charge on any atom is 0.338 e. The van der Waals surface area contributed by atoms with E-state index in [1.807, 2.05) is 0 Å². The summed E-state index contributed by atoms with van der Waals surface area (Å²) in [5, 5.41) is 12.2. The molecule has 0 saturated carbocycles. The minimum absolute atomic E-state index is 0.0162. The average molecular weight is 392 g/mol. The van der Waals surface area contributed by atoms with E-state index in [-0.39, 0.29) is 40.2 Å². The fourth-order valence-electron chi connectivity index (χ4n) is 2.35. The number of phenolic OH excluding ortho intramolecular Hbond substituents is 1. The Kier molecular flexibility index (Phi) is 6.12. The molecule has 1 aromatic carbocycles. The molecule has 1 aliphatic rings. The van der Waals surface area contributed by atoms with Gasteiger partial charge in [0.15, 0.2) is 27.9 Å². The third-order valence-electron chi connectivity index (χ3n) is 3.50. The number of amides is 1. The van der Waals surface area contributed by atoms with E-state index in [4.69, 9.17) is 21.1 Å². The van der Waals surface area contributed by atoms with Crippen molar-refractivity contribution in [3.05, 3.63) is 22.7 Å². The molecule has 1 amide bonds. The Morgan fingerprint density at radius 1 is 1.40 bits per heavy atom. The second kappa shape index (κ2) is 7.92. The van der Waals surface area contributed by atoms with E-state index in [1.54, 1.807) is 6.92 Å². The van der Waals surface area contributed by atoms with Gasteiger partial charge in [0, 0.05) is 6.04 Å². The Labute approximate surface area is 150 Å². The molecule has 0 aromatic heterocycles. The van der Waals surface area contributed by atoms with Crippen LogP contribution in [0.3, 0.4) is 0 Å². The quantitative estimate of drug-likeness (QED) is 0.691. The van der Waals surface area contributed by atoms with E-state index in [9.17, 15) is 23.1 Å². The number of carbonyl (C=O) groups excluding carboxylic acids is 2. The summed E-state index contributed by atoms with van der Waals surface area (Å²) >= 11 is 5.83. The van der Waals surface area contributed by atoms with Gasteiger partial charge in [0.2, 0.25) is 0 Å². The van der Waals surface area contributed by atoms with Gasteiger partial charge in [-0.1, -0.05) is 11.6 Å². The molecule has 2 rings (SSSR count). The second-order valence-corrected chi connectivity index (χ2v) is 8.12. The van der Waals surface area contributed by atoms with Gasteiger partial charge in [0.25, 0.3) is 5.91 Å². The average Bonchev–Trinajstić information content (AvgIpc) is 2.88. The van der Waals surface area contributed by atoms with Gasteiger partial charge in [-0.05, 0) is 25.5 Å². The Morgan fingerprint density at radius 2 is 2.12 bits per heavy atom. The van der Waals surface area contributed by atoms with Gasteiger partial charge in [-0.2, -0.15) is 0 Å². The first-order valence-corrected chi connectivity index (χ1v) is 9.74. The zero-order chi connectivity index (χ0) is 18.6. The first-order valence-electron chi connectivity index (χ1n) is 7.54. The van der Waals surface area contributed by atoms with Crippen LogP contribution in [0.15, 0.2) is 12.1 Å². The SMILES string of the molecule is CCOc1cc(C(=O)OCC(=O)N[C@@H]2CCS(=O)(=O)C2)cc(Cl)c1O. The Bertz CT molecular complexity index is 778. The van der Waals surface area contributed by atoms with Crippen LogP contribution < -0.4 is 10.1 Å². The molecule has 0 radical (unpaired) electrons. The highest BCUT2D eigenvalue weighted by Gasteiger charge is 2.29. The molecule has 0 aliphatic carbocycles. The molecule has 1 heterocycles. The number of phenols is 1. The van der Waals surface area contributed by atoms with Crippen molar-refractivity contribution in [1.29, 1.82) is 0 Å². The summed E-state index contributed by atoms with van der Waals surface area (Å²) in [4.78, 5) is 23.8. The molecular weight excluding hydrogens is 374 g/mol. The van der Waals surface area contributed by atoms with Crippen LogP contribution in [-0.2, 0) is 19.4 Å². The molecule has 2 N–H and O–H groups in total. The van der Waals surface area contributed by atoms with Crippen LogP contribution in [0, 0.1) is 0 Å². The van der Waals surface area contributed by atoms with Gasteiger partial charge in [-0.15, -0.1) is 0 Å². The number of carbonyl (C=O) groups is 2. The predicted octanol–water partition coefficient (Wildman–Crippen LogP) is 0.904. The van der Waals surface area contributed by atoms with Crippen molar-refractivity contribution in [3.63, 3.8) is 0 Å². The lowest BCUT2D eigenvalue weighted by Crippen LogP contribution is -2.38. The summed E-state index contributed by atoms with van der Waals surface area (Å²) < 4.78 is 32.7. The van der Waals surface area contributed by atoms with Gasteiger partial charge in [0.05, 0.1) is 28.7 Å². The number of aromatic hydroxyl groups is 1. The first kappa shape index (κ1) is 19.3. The Morgan fingerprint density at radius 3 is 2.72 bits per heavy atom. The number of nitrogens with one attached hydrogen (secondary N) is 1. The van der Waals surface area contributed by atoms with Crippen LogP contribution in [-0.4, -0.2) is 56.2 Å². The van der Waals surface area contributed by atoms with E-state index in [1.165, 1.54) is 12.1 Å². The number of esters is 1. The van der Waals surface area contributed by atoms with Crippen molar-refractivity contribution >= 4 is 33.3 Å². The standard InChI is InChI=1S/C15H18ClNO7S/c1-2-23-12-6-9(5-11(16)14(12)19)15(20)24-7-13(18)17-10-3-4-25(21,22)8-10/h5-6,10,19H,2-4,7-8H2,1H3,(H,17,18)/t10-/m1/s1. The van der Waals surface area contributed by atoms with Crippen LogP contribution in [0.25, 0.3) is 0 Å². The zero-order valence-corrected chi connectivity index (χ0v) is 15.0. The lowest BCUT2D eigenvalue weighted by molar-refractivity contribution is -0.124. The van der Waals surface area contributed by atoms with Gasteiger partial charge >= 0.3 is 5.97 Å². The summed E-state index contributed by atoms with van der Waals surface area (Å²) in [6, 6.07) is 1.99. The largest absolute Gasteiger partial charge is 0.503 e. The monoisotopic (exact) mass is 391 g/mol. The Hall–Kier alpha value is -2.00. The van der Waals surface area contributed by atoms with Crippen molar-refractivity contribution in [2.24, 2.45) is 0 Å². The molecule has 138 valence electrons. The molecule has 1 aromatic rings. The predicted molar refractivity (Wildman–Crippen MR) is 89.8 cm³/mol. The lowest BCUT2D eigenvalue weighted by Gasteiger charge is -2.12. The molecule has 10 heteroatoms.